The van der Waals surface area contributed by atoms with Crippen molar-refractivity contribution >= 4 is 16.9 Å². The average Bonchev–Trinajstić information content (AvgIpc) is 3.32. The zero-order valence-electron chi connectivity index (χ0n) is 20.4. The van der Waals surface area contributed by atoms with E-state index >= 15 is 0 Å². The number of methoxy groups -OCH3 is 1. The minimum atomic E-state index is -0.313. The van der Waals surface area contributed by atoms with Gasteiger partial charge in [-0.05, 0) is 60.4 Å². The van der Waals surface area contributed by atoms with Gasteiger partial charge in [0, 0.05) is 30.2 Å². The van der Waals surface area contributed by atoms with E-state index in [-0.39, 0.29) is 18.5 Å². The molecule has 3 aromatic carbocycles. The standard InChI is InChI=1S/C29H31NO5/c1-19-6-4-9-24(15-27(31)35-20(2)17-32-3)28(19)34-18-22-13-25-10-11-33-29(25)26(14-22)23-8-5-7-21(12-23)16-30/h4-14,20H,15-18,30H2,1-3H3. The lowest BCUT2D eigenvalue weighted by Gasteiger charge is -2.16. The quantitative estimate of drug-likeness (QED) is 0.303. The summed E-state index contributed by atoms with van der Waals surface area (Å²) in [6.07, 6.45) is 1.52. The first kappa shape index (κ1) is 24.5. The predicted molar refractivity (Wildman–Crippen MR) is 136 cm³/mol. The summed E-state index contributed by atoms with van der Waals surface area (Å²) in [5, 5.41) is 1.000. The molecule has 1 unspecified atom stereocenters. The molecular weight excluding hydrogens is 442 g/mol. The Hall–Kier alpha value is -3.61. The second kappa shape index (κ2) is 11.2. The van der Waals surface area contributed by atoms with Gasteiger partial charge in [0.25, 0.3) is 0 Å². The van der Waals surface area contributed by atoms with Crippen molar-refractivity contribution in [2.24, 2.45) is 5.73 Å². The van der Waals surface area contributed by atoms with Gasteiger partial charge >= 0.3 is 5.97 Å². The number of ether oxygens (including phenoxy) is 3. The maximum Gasteiger partial charge on any atom is 0.310 e. The monoisotopic (exact) mass is 473 g/mol. The third-order valence-corrected chi connectivity index (χ3v) is 5.83. The second-order valence-electron chi connectivity index (χ2n) is 8.67. The van der Waals surface area contributed by atoms with Crippen molar-refractivity contribution in [2.45, 2.75) is 39.5 Å². The van der Waals surface area contributed by atoms with Gasteiger partial charge < -0.3 is 24.4 Å². The van der Waals surface area contributed by atoms with E-state index in [9.17, 15) is 4.79 Å². The van der Waals surface area contributed by atoms with Gasteiger partial charge in [-0.1, -0.05) is 36.4 Å². The van der Waals surface area contributed by atoms with Crippen molar-refractivity contribution in [3.8, 4) is 16.9 Å². The van der Waals surface area contributed by atoms with Gasteiger partial charge in [-0.25, -0.2) is 0 Å². The number of aryl methyl sites for hydroxylation is 1. The van der Waals surface area contributed by atoms with E-state index < -0.39 is 0 Å². The molecule has 1 aromatic heterocycles. The molecule has 0 saturated heterocycles. The molecule has 4 rings (SSSR count). The summed E-state index contributed by atoms with van der Waals surface area (Å²) in [4.78, 5) is 12.5. The van der Waals surface area contributed by atoms with Crippen LogP contribution in [0.25, 0.3) is 22.1 Å². The average molecular weight is 474 g/mol. The summed E-state index contributed by atoms with van der Waals surface area (Å²) in [6.45, 7) is 4.96. The number of carbonyl (C=O) groups excluding carboxylic acids is 1. The molecule has 4 aromatic rings. The van der Waals surface area contributed by atoms with E-state index in [1.807, 2.05) is 50.2 Å². The van der Waals surface area contributed by atoms with Gasteiger partial charge in [0.15, 0.2) is 0 Å². The molecule has 0 radical (unpaired) electrons. The number of rotatable bonds is 10. The van der Waals surface area contributed by atoms with E-state index in [1.54, 1.807) is 13.4 Å². The molecule has 1 atom stereocenters. The van der Waals surface area contributed by atoms with Crippen LogP contribution in [-0.2, 0) is 33.8 Å². The molecule has 0 bridgehead atoms. The van der Waals surface area contributed by atoms with Crippen LogP contribution in [0.5, 0.6) is 5.75 Å². The van der Waals surface area contributed by atoms with E-state index in [0.717, 1.165) is 44.3 Å². The minimum Gasteiger partial charge on any atom is -0.488 e. The number of esters is 1. The highest BCUT2D eigenvalue weighted by atomic mass is 16.6. The maximum absolute atomic E-state index is 12.5. The van der Waals surface area contributed by atoms with Crippen LogP contribution in [0, 0.1) is 6.92 Å². The van der Waals surface area contributed by atoms with Crippen LogP contribution in [-0.4, -0.2) is 25.8 Å². The first-order valence-electron chi connectivity index (χ1n) is 11.7. The molecule has 35 heavy (non-hydrogen) atoms. The van der Waals surface area contributed by atoms with Crippen LogP contribution in [0.3, 0.4) is 0 Å². The summed E-state index contributed by atoms with van der Waals surface area (Å²) in [7, 11) is 1.58. The van der Waals surface area contributed by atoms with Crippen LogP contribution in [0.15, 0.2) is 71.3 Å². The van der Waals surface area contributed by atoms with E-state index in [1.165, 1.54) is 0 Å². The topological polar surface area (TPSA) is 83.9 Å². The van der Waals surface area contributed by atoms with Crippen LogP contribution >= 0.6 is 0 Å². The van der Waals surface area contributed by atoms with Crippen molar-refractivity contribution < 1.29 is 23.4 Å². The largest absolute Gasteiger partial charge is 0.488 e. The molecule has 182 valence electrons. The van der Waals surface area contributed by atoms with Gasteiger partial charge in [0.1, 0.15) is 24.0 Å². The molecule has 0 saturated carbocycles. The highest BCUT2D eigenvalue weighted by molar-refractivity contribution is 5.93. The van der Waals surface area contributed by atoms with Crippen LogP contribution in [0.2, 0.25) is 0 Å². The molecule has 0 amide bonds. The Balaban J connectivity index is 1.58. The van der Waals surface area contributed by atoms with Crippen molar-refractivity contribution in [1.29, 1.82) is 0 Å². The fourth-order valence-electron chi connectivity index (χ4n) is 4.21. The van der Waals surface area contributed by atoms with Crippen molar-refractivity contribution in [1.82, 2.24) is 0 Å². The Morgan fingerprint density at radius 2 is 1.89 bits per heavy atom. The molecule has 6 heteroatoms. The Morgan fingerprint density at radius 1 is 1.06 bits per heavy atom. The highest BCUT2D eigenvalue weighted by Gasteiger charge is 2.16. The van der Waals surface area contributed by atoms with Crippen LogP contribution < -0.4 is 10.5 Å². The molecule has 2 N–H and O–H groups in total. The zero-order valence-corrected chi connectivity index (χ0v) is 20.4. The number of hydrogen-bond acceptors (Lipinski definition) is 6. The first-order chi connectivity index (χ1) is 17.0. The Kier molecular flexibility index (Phi) is 7.85. The first-order valence-corrected chi connectivity index (χ1v) is 11.7. The van der Waals surface area contributed by atoms with E-state index in [4.69, 9.17) is 24.4 Å². The molecular formula is C29H31NO5. The number of hydrogen-bond donors (Lipinski definition) is 1. The van der Waals surface area contributed by atoms with Crippen LogP contribution in [0.1, 0.15) is 29.2 Å². The Bertz CT molecular complexity index is 1310. The summed E-state index contributed by atoms with van der Waals surface area (Å²) in [6, 6.07) is 20.0. The van der Waals surface area contributed by atoms with Gasteiger partial charge in [-0.15, -0.1) is 0 Å². The number of carbonyl (C=O) groups is 1. The van der Waals surface area contributed by atoms with Crippen molar-refractivity contribution in [2.75, 3.05) is 13.7 Å². The number of furan rings is 1. The summed E-state index contributed by atoms with van der Waals surface area (Å²) in [5.41, 5.74) is 12.5. The second-order valence-corrected chi connectivity index (χ2v) is 8.67. The zero-order chi connectivity index (χ0) is 24.8. The fraction of sp³-hybridized carbons (Fsp3) is 0.276. The molecule has 0 aliphatic heterocycles. The van der Waals surface area contributed by atoms with Gasteiger partial charge in [-0.2, -0.15) is 0 Å². The highest BCUT2D eigenvalue weighted by Crippen LogP contribution is 2.33. The van der Waals surface area contributed by atoms with Crippen LogP contribution in [0.4, 0.5) is 0 Å². The smallest absolute Gasteiger partial charge is 0.310 e. The number of para-hydroxylation sites is 1. The number of fused-ring (bicyclic) bond motifs is 1. The predicted octanol–water partition coefficient (Wildman–Crippen LogP) is 5.57. The SMILES string of the molecule is COCC(C)OC(=O)Cc1cccc(C)c1OCc1cc(-c2cccc(CN)c2)c2occc2c1. The lowest BCUT2D eigenvalue weighted by molar-refractivity contribution is -0.149. The lowest BCUT2D eigenvalue weighted by atomic mass is 9.99. The molecule has 0 spiro atoms. The molecule has 0 fully saturated rings. The van der Waals surface area contributed by atoms with Gasteiger partial charge in [0.05, 0.1) is 19.3 Å². The summed E-state index contributed by atoms with van der Waals surface area (Å²) in [5.74, 6) is 0.384. The van der Waals surface area contributed by atoms with Crippen molar-refractivity contribution in [3.63, 3.8) is 0 Å². The molecule has 0 aliphatic rings. The van der Waals surface area contributed by atoms with E-state index in [0.29, 0.717) is 25.5 Å². The molecule has 0 aliphatic carbocycles. The Labute approximate surface area is 205 Å². The minimum absolute atomic E-state index is 0.128. The summed E-state index contributed by atoms with van der Waals surface area (Å²) >= 11 is 0. The lowest BCUT2D eigenvalue weighted by Crippen LogP contribution is -2.21. The van der Waals surface area contributed by atoms with E-state index in [2.05, 4.69) is 24.3 Å². The number of benzene rings is 3. The van der Waals surface area contributed by atoms with Gasteiger partial charge in [-0.3, -0.25) is 4.79 Å². The maximum atomic E-state index is 12.5. The number of nitrogens with two attached hydrogens (primary N) is 1. The normalized spacial score (nSPS) is 12.0. The fourth-order valence-corrected chi connectivity index (χ4v) is 4.21. The van der Waals surface area contributed by atoms with Gasteiger partial charge in [0.2, 0.25) is 0 Å². The third-order valence-electron chi connectivity index (χ3n) is 5.83. The van der Waals surface area contributed by atoms with Crippen molar-refractivity contribution in [3.05, 3.63) is 89.2 Å². The summed E-state index contributed by atoms with van der Waals surface area (Å²) < 4.78 is 22.6. The molecule has 6 nitrogen and oxygen atoms in total. The Morgan fingerprint density at radius 3 is 2.69 bits per heavy atom. The third kappa shape index (κ3) is 5.91. The molecule has 1 heterocycles.